The third kappa shape index (κ3) is 2.71. The van der Waals surface area contributed by atoms with E-state index in [1.165, 1.54) is 0 Å². The average Bonchev–Trinajstić information content (AvgIpc) is 3.07. The number of methoxy groups -OCH3 is 1. The number of halogens is 1. The summed E-state index contributed by atoms with van der Waals surface area (Å²) in [5, 5.41) is 3.79. The summed E-state index contributed by atoms with van der Waals surface area (Å²) in [6, 6.07) is 5.77. The maximum Gasteiger partial charge on any atom is 0.228 e. The second kappa shape index (κ2) is 5.73. The van der Waals surface area contributed by atoms with Gasteiger partial charge in [-0.2, -0.15) is 4.98 Å². The third-order valence-electron chi connectivity index (χ3n) is 3.27. The number of hydrogen-bond donors (Lipinski definition) is 0. The molecule has 110 valence electrons. The second-order valence-electron chi connectivity index (χ2n) is 4.65. The van der Waals surface area contributed by atoms with Gasteiger partial charge in [0.25, 0.3) is 0 Å². The van der Waals surface area contributed by atoms with Crippen LogP contribution in [0.2, 0.25) is 0 Å². The van der Waals surface area contributed by atoms with E-state index in [1.54, 1.807) is 14.0 Å². The molecule has 3 aromatic rings. The van der Waals surface area contributed by atoms with Crippen LogP contribution < -0.4 is 4.74 Å². The lowest BCUT2D eigenvalue weighted by molar-refractivity contribution is 0.368. The molecular weight excluding hydrogens is 292 g/mol. The van der Waals surface area contributed by atoms with Gasteiger partial charge >= 0.3 is 0 Å². The zero-order valence-electron chi connectivity index (χ0n) is 11.8. The summed E-state index contributed by atoms with van der Waals surface area (Å²) in [5.41, 5.74) is 1.88. The molecule has 0 amide bonds. The van der Waals surface area contributed by atoms with Gasteiger partial charge in [-0.05, 0) is 19.1 Å². The molecule has 0 aliphatic heterocycles. The molecule has 1 aromatic carbocycles. The quantitative estimate of drug-likeness (QED) is 0.678. The minimum absolute atomic E-state index is 0.347. The van der Waals surface area contributed by atoms with E-state index in [2.05, 4.69) is 19.7 Å². The van der Waals surface area contributed by atoms with Crippen molar-refractivity contribution in [2.24, 2.45) is 0 Å². The van der Waals surface area contributed by atoms with E-state index in [1.807, 2.05) is 18.2 Å². The molecule has 6 nitrogen and oxygen atoms in total. The predicted octanol–water partition coefficient (Wildman–Crippen LogP) is 2.72. The fourth-order valence-electron chi connectivity index (χ4n) is 2.28. The molecule has 0 spiro atoms. The van der Waals surface area contributed by atoms with E-state index >= 15 is 0 Å². The van der Waals surface area contributed by atoms with Crippen LogP contribution in [0.25, 0.3) is 11.0 Å². The maximum absolute atomic E-state index is 6.00. The Morgan fingerprint density at radius 1 is 1.33 bits per heavy atom. The highest BCUT2D eigenvalue weighted by atomic mass is 35.5. The molecule has 0 aliphatic rings. The number of ether oxygens (including phenoxy) is 1. The second-order valence-corrected chi connectivity index (χ2v) is 4.92. The Hall–Kier alpha value is -2.08. The molecule has 0 atom stereocenters. The van der Waals surface area contributed by atoms with Gasteiger partial charge in [0, 0.05) is 19.0 Å². The fourth-order valence-corrected chi connectivity index (χ4v) is 2.48. The van der Waals surface area contributed by atoms with Gasteiger partial charge in [-0.25, -0.2) is 4.98 Å². The summed E-state index contributed by atoms with van der Waals surface area (Å²) >= 11 is 6.00. The molecule has 0 unspecified atom stereocenters. The standard InChI is InChI=1S/C14H15ClN4O2/c1-9-16-14(21-18-9)5-6-19-12-7-10(20-2)3-4-11(12)17-13(19)8-15/h3-4,7H,5-6,8H2,1-2H3. The zero-order chi connectivity index (χ0) is 14.8. The van der Waals surface area contributed by atoms with E-state index in [0.717, 1.165) is 22.6 Å². The van der Waals surface area contributed by atoms with E-state index in [9.17, 15) is 0 Å². The van der Waals surface area contributed by atoms with Gasteiger partial charge in [-0.3, -0.25) is 0 Å². The first-order valence-corrected chi connectivity index (χ1v) is 7.13. The Labute approximate surface area is 126 Å². The van der Waals surface area contributed by atoms with Crippen molar-refractivity contribution in [3.63, 3.8) is 0 Å². The van der Waals surface area contributed by atoms with Crippen molar-refractivity contribution in [2.45, 2.75) is 25.8 Å². The molecule has 0 saturated carbocycles. The Balaban J connectivity index is 1.94. The fraction of sp³-hybridized carbons (Fsp3) is 0.357. The van der Waals surface area contributed by atoms with Gasteiger partial charge in [0.2, 0.25) is 5.89 Å². The first-order valence-electron chi connectivity index (χ1n) is 6.59. The van der Waals surface area contributed by atoms with Crippen LogP contribution in [0, 0.1) is 6.92 Å². The molecule has 2 aromatic heterocycles. The first kappa shape index (κ1) is 13.9. The molecule has 0 N–H and O–H groups in total. The van der Waals surface area contributed by atoms with Crippen molar-refractivity contribution in [1.29, 1.82) is 0 Å². The molecule has 0 bridgehead atoms. The maximum atomic E-state index is 6.00. The Morgan fingerprint density at radius 2 is 2.19 bits per heavy atom. The van der Waals surface area contributed by atoms with E-state index in [4.69, 9.17) is 20.9 Å². The highest BCUT2D eigenvalue weighted by Gasteiger charge is 2.12. The van der Waals surface area contributed by atoms with Crippen LogP contribution in [0.15, 0.2) is 22.7 Å². The molecular formula is C14H15ClN4O2. The molecule has 0 radical (unpaired) electrons. The monoisotopic (exact) mass is 306 g/mol. The summed E-state index contributed by atoms with van der Waals surface area (Å²) in [7, 11) is 1.64. The summed E-state index contributed by atoms with van der Waals surface area (Å²) < 4.78 is 12.5. The SMILES string of the molecule is COc1ccc2nc(CCl)n(CCc3nc(C)no3)c2c1. The number of alkyl halides is 1. The zero-order valence-corrected chi connectivity index (χ0v) is 12.6. The first-order chi connectivity index (χ1) is 10.2. The number of aryl methyl sites for hydroxylation is 3. The molecule has 7 heteroatoms. The topological polar surface area (TPSA) is 66.0 Å². The van der Waals surface area contributed by atoms with Gasteiger partial charge in [0.15, 0.2) is 5.82 Å². The van der Waals surface area contributed by atoms with Gasteiger partial charge in [-0.15, -0.1) is 11.6 Å². The van der Waals surface area contributed by atoms with Crippen molar-refractivity contribution in [3.05, 3.63) is 35.7 Å². The minimum Gasteiger partial charge on any atom is -0.497 e. The number of benzene rings is 1. The predicted molar refractivity (Wildman–Crippen MR) is 78.6 cm³/mol. The summed E-state index contributed by atoms with van der Waals surface area (Å²) in [5.74, 6) is 3.20. The van der Waals surface area contributed by atoms with Crippen LogP contribution >= 0.6 is 11.6 Å². The molecule has 3 rings (SSSR count). The Bertz CT molecular complexity index is 766. The summed E-state index contributed by atoms with van der Waals surface area (Å²) in [6.45, 7) is 2.47. The Kier molecular flexibility index (Phi) is 3.79. The van der Waals surface area contributed by atoms with Gasteiger partial charge < -0.3 is 13.8 Å². The van der Waals surface area contributed by atoms with Crippen LogP contribution in [-0.4, -0.2) is 26.8 Å². The lowest BCUT2D eigenvalue weighted by atomic mass is 10.3. The van der Waals surface area contributed by atoms with E-state index in [-0.39, 0.29) is 0 Å². The number of aromatic nitrogens is 4. The largest absolute Gasteiger partial charge is 0.497 e. The van der Waals surface area contributed by atoms with Crippen LogP contribution in [0.5, 0.6) is 5.75 Å². The summed E-state index contributed by atoms with van der Waals surface area (Å²) in [6.07, 6.45) is 0.632. The van der Waals surface area contributed by atoms with Gasteiger partial charge in [0.05, 0.1) is 24.0 Å². The van der Waals surface area contributed by atoms with Crippen LogP contribution in [0.3, 0.4) is 0 Å². The number of hydrogen-bond acceptors (Lipinski definition) is 5. The number of nitrogens with zero attached hydrogens (tertiary/aromatic N) is 4. The van der Waals surface area contributed by atoms with Crippen molar-refractivity contribution in [3.8, 4) is 5.75 Å². The van der Waals surface area contributed by atoms with Gasteiger partial charge in [0.1, 0.15) is 11.6 Å². The van der Waals surface area contributed by atoms with Crippen molar-refractivity contribution in [1.82, 2.24) is 19.7 Å². The van der Waals surface area contributed by atoms with Crippen molar-refractivity contribution in [2.75, 3.05) is 7.11 Å². The lowest BCUT2D eigenvalue weighted by Gasteiger charge is -2.06. The van der Waals surface area contributed by atoms with Crippen LogP contribution in [-0.2, 0) is 18.8 Å². The highest BCUT2D eigenvalue weighted by molar-refractivity contribution is 6.16. The molecule has 21 heavy (non-hydrogen) atoms. The lowest BCUT2D eigenvalue weighted by Crippen LogP contribution is -2.05. The normalized spacial score (nSPS) is 11.2. The van der Waals surface area contributed by atoms with Gasteiger partial charge in [-0.1, -0.05) is 5.16 Å². The number of fused-ring (bicyclic) bond motifs is 1. The molecule has 0 aliphatic carbocycles. The van der Waals surface area contributed by atoms with Crippen LogP contribution in [0.1, 0.15) is 17.5 Å². The summed E-state index contributed by atoms with van der Waals surface area (Å²) in [4.78, 5) is 8.74. The average molecular weight is 307 g/mol. The van der Waals surface area contributed by atoms with E-state index < -0.39 is 0 Å². The highest BCUT2D eigenvalue weighted by Crippen LogP contribution is 2.23. The molecule has 2 heterocycles. The molecule has 0 fully saturated rings. The minimum atomic E-state index is 0.347. The molecule has 0 saturated heterocycles. The number of rotatable bonds is 5. The number of imidazole rings is 1. The van der Waals surface area contributed by atoms with Crippen molar-refractivity contribution >= 4 is 22.6 Å². The van der Waals surface area contributed by atoms with Crippen LogP contribution in [0.4, 0.5) is 0 Å². The van der Waals surface area contributed by atoms with E-state index in [0.29, 0.717) is 30.6 Å². The third-order valence-corrected chi connectivity index (χ3v) is 3.51. The van der Waals surface area contributed by atoms with Crippen molar-refractivity contribution < 1.29 is 9.26 Å². The smallest absolute Gasteiger partial charge is 0.228 e. The Morgan fingerprint density at radius 3 is 2.86 bits per heavy atom.